The molecular formula is C9H13NO5. The molecule has 1 fully saturated rings. The molecular weight excluding hydrogens is 202 g/mol. The number of nitrogens with one attached hydrogen (secondary N) is 1. The van der Waals surface area contributed by atoms with Crippen molar-refractivity contribution < 1.29 is 24.6 Å². The van der Waals surface area contributed by atoms with Crippen molar-refractivity contribution in [3.63, 3.8) is 0 Å². The van der Waals surface area contributed by atoms with E-state index in [0.29, 0.717) is 6.42 Å². The van der Waals surface area contributed by atoms with Crippen molar-refractivity contribution in [1.82, 2.24) is 5.32 Å². The molecule has 0 aromatic carbocycles. The lowest BCUT2D eigenvalue weighted by molar-refractivity contribution is -0.142. The molecule has 6 heteroatoms. The zero-order chi connectivity index (χ0) is 11.6. The van der Waals surface area contributed by atoms with Crippen LogP contribution in [0.2, 0.25) is 0 Å². The Bertz CT molecular complexity index is 301. The van der Waals surface area contributed by atoms with Gasteiger partial charge in [0.05, 0.1) is 5.92 Å². The fourth-order valence-corrected chi connectivity index (χ4v) is 1.58. The quantitative estimate of drug-likeness (QED) is 0.583. The second kappa shape index (κ2) is 4.29. The molecule has 1 saturated carbocycles. The lowest BCUT2D eigenvalue weighted by Crippen LogP contribution is -2.40. The van der Waals surface area contributed by atoms with Crippen LogP contribution < -0.4 is 5.32 Å². The van der Waals surface area contributed by atoms with Crippen LogP contribution in [0.15, 0.2) is 0 Å². The molecule has 1 aliphatic rings. The predicted molar refractivity (Wildman–Crippen MR) is 49.1 cm³/mol. The number of carbonyl (C=O) groups excluding carboxylic acids is 1. The lowest BCUT2D eigenvalue weighted by Gasteiger charge is -2.12. The average molecular weight is 215 g/mol. The highest BCUT2D eigenvalue weighted by atomic mass is 16.4. The van der Waals surface area contributed by atoms with E-state index in [1.165, 1.54) is 6.92 Å². The highest BCUT2D eigenvalue weighted by Crippen LogP contribution is 2.42. The third-order valence-corrected chi connectivity index (χ3v) is 2.45. The molecule has 0 spiro atoms. The fraction of sp³-hybridized carbons (Fsp3) is 0.667. The van der Waals surface area contributed by atoms with Gasteiger partial charge in [0.25, 0.3) is 0 Å². The Labute approximate surface area is 86.3 Å². The minimum Gasteiger partial charge on any atom is -0.481 e. The number of hydrogen-bond acceptors (Lipinski definition) is 3. The SMILES string of the molecule is CC(=O)N[C@H](C[C@H]1C[C@@H]1C(=O)O)C(=O)O. The Morgan fingerprint density at radius 3 is 2.33 bits per heavy atom. The van der Waals surface area contributed by atoms with Crippen molar-refractivity contribution in [2.45, 2.75) is 25.8 Å². The summed E-state index contributed by atoms with van der Waals surface area (Å²) in [5.41, 5.74) is 0. The molecule has 0 aromatic heterocycles. The smallest absolute Gasteiger partial charge is 0.326 e. The number of carboxylic acids is 2. The number of carbonyl (C=O) groups is 3. The van der Waals surface area contributed by atoms with Gasteiger partial charge >= 0.3 is 11.9 Å². The van der Waals surface area contributed by atoms with Gasteiger partial charge in [-0.1, -0.05) is 0 Å². The summed E-state index contributed by atoms with van der Waals surface area (Å²) in [6, 6.07) is -0.975. The van der Waals surface area contributed by atoms with Crippen molar-refractivity contribution in [2.24, 2.45) is 11.8 Å². The van der Waals surface area contributed by atoms with Crippen LogP contribution in [-0.4, -0.2) is 34.1 Å². The topological polar surface area (TPSA) is 104 Å². The van der Waals surface area contributed by atoms with E-state index in [2.05, 4.69) is 5.32 Å². The Hall–Kier alpha value is -1.59. The summed E-state index contributed by atoms with van der Waals surface area (Å²) in [5.74, 6) is -3.01. The number of rotatable bonds is 5. The van der Waals surface area contributed by atoms with Crippen molar-refractivity contribution in [3.8, 4) is 0 Å². The van der Waals surface area contributed by atoms with E-state index in [-0.39, 0.29) is 12.3 Å². The first kappa shape index (κ1) is 11.5. The van der Waals surface area contributed by atoms with Gasteiger partial charge in [-0.25, -0.2) is 4.79 Å². The standard InChI is InChI=1S/C9H13NO5/c1-4(11)10-7(9(14)15)3-5-2-6(5)8(12)13/h5-7H,2-3H2,1H3,(H,10,11)(H,12,13)(H,14,15)/t5-,6+,7-/m1/s1. The number of carboxylic acid groups (broad SMARTS) is 2. The van der Waals surface area contributed by atoms with Gasteiger partial charge in [-0.05, 0) is 18.8 Å². The summed E-state index contributed by atoms with van der Waals surface area (Å²) in [6.07, 6.45) is 0.685. The molecule has 15 heavy (non-hydrogen) atoms. The first-order chi connectivity index (χ1) is 6.91. The third-order valence-electron chi connectivity index (χ3n) is 2.45. The monoisotopic (exact) mass is 215 g/mol. The van der Waals surface area contributed by atoms with E-state index in [9.17, 15) is 14.4 Å². The van der Waals surface area contributed by atoms with E-state index in [0.717, 1.165) is 0 Å². The van der Waals surface area contributed by atoms with Crippen molar-refractivity contribution in [2.75, 3.05) is 0 Å². The van der Waals surface area contributed by atoms with Crippen LogP contribution in [0.5, 0.6) is 0 Å². The van der Waals surface area contributed by atoms with Crippen LogP contribution in [0.3, 0.4) is 0 Å². The van der Waals surface area contributed by atoms with Crippen LogP contribution in [0.25, 0.3) is 0 Å². The van der Waals surface area contributed by atoms with Crippen LogP contribution in [0.1, 0.15) is 19.8 Å². The van der Waals surface area contributed by atoms with Gasteiger partial charge in [0.1, 0.15) is 6.04 Å². The largest absolute Gasteiger partial charge is 0.481 e. The van der Waals surface area contributed by atoms with Crippen LogP contribution >= 0.6 is 0 Å². The van der Waals surface area contributed by atoms with E-state index in [1.807, 2.05) is 0 Å². The van der Waals surface area contributed by atoms with Crippen molar-refractivity contribution >= 4 is 17.8 Å². The normalized spacial score (nSPS) is 25.4. The summed E-state index contributed by atoms with van der Waals surface area (Å²) in [5, 5.41) is 19.7. The highest BCUT2D eigenvalue weighted by Gasteiger charge is 2.45. The van der Waals surface area contributed by atoms with E-state index >= 15 is 0 Å². The minimum atomic E-state index is -1.12. The van der Waals surface area contributed by atoms with Gasteiger partial charge in [-0.3, -0.25) is 9.59 Å². The maximum Gasteiger partial charge on any atom is 0.326 e. The number of amides is 1. The van der Waals surface area contributed by atoms with E-state index in [1.54, 1.807) is 0 Å². The van der Waals surface area contributed by atoms with E-state index in [4.69, 9.17) is 10.2 Å². The van der Waals surface area contributed by atoms with Gasteiger partial charge in [-0.15, -0.1) is 0 Å². The maximum absolute atomic E-state index is 10.7. The van der Waals surface area contributed by atoms with Crippen LogP contribution in [0, 0.1) is 11.8 Å². The first-order valence-electron chi connectivity index (χ1n) is 4.64. The zero-order valence-electron chi connectivity index (χ0n) is 8.27. The van der Waals surface area contributed by atoms with Crippen molar-refractivity contribution in [3.05, 3.63) is 0 Å². The summed E-state index contributed by atoms with van der Waals surface area (Å²) >= 11 is 0. The van der Waals surface area contributed by atoms with Gasteiger partial charge in [0.2, 0.25) is 5.91 Å². The maximum atomic E-state index is 10.7. The average Bonchev–Trinajstić information content (AvgIpc) is 2.81. The fourth-order valence-electron chi connectivity index (χ4n) is 1.58. The molecule has 3 atom stereocenters. The molecule has 0 heterocycles. The molecule has 0 aliphatic heterocycles. The second-order valence-corrected chi connectivity index (χ2v) is 3.77. The van der Waals surface area contributed by atoms with Crippen LogP contribution in [-0.2, 0) is 14.4 Å². The molecule has 1 rings (SSSR count). The molecule has 6 nitrogen and oxygen atoms in total. The summed E-state index contributed by atoms with van der Waals surface area (Å²) in [7, 11) is 0. The molecule has 0 aromatic rings. The molecule has 0 radical (unpaired) electrons. The van der Waals surface area contributed by atoms with Gasteiger partial charge in [0.15, 0.2) is 0 Å². The number of hydrogen-bond donors (Lipinski definition) is 3. The second-order valence-electron chi connectivity index (χ2n) is 3.77. The molecule has 1 aliphatic carbocycles. The van der Waals surface area contributed by atoms with Crippen LogP contribution in [0.4, 0.5) is 0 Å². The van der Waals surface area contributed by atoms with E-state index < -0.39 is 29.8 Å². The Morgan fingerprint density at radius 2 is 2.00 bits per heavy atom. The summed E-state index contributed by atoms with van der Waals surface area (Å²) in [4.78, 5) is 31.9. The lowest BCUT2D eigenvalue weighted by atomic mass is 10.1. The molecule has 0 unspecified atom stereocenters. The number of aliphatic carboxylic acids is 2. The first-order valence-corrected chi connectivity index (χ1v) is 4.64. The molecule has 1 amide bonds. The Morgan fingerprint density at radius 1 is 1.40 bits per heavy atom. The molecule has 0 bridgehead atoms. The van der Waals surface area contributed by atoms with Gasteiger partial charge < -0.3 is 15.5 Å². The Balaban J connectivity index is 2.43. The zero-order valence-corrected chi connectivity index (χ0v) is 8.27. The summed E-state index contributed by atoms with van der Waals surface area (Å²) in [6.45, 7) is 1.23. The molecule has 84 valence electrons. The highest BCUT2D eigenvalue weighted by molar-refractivity contribution is 5.82. The molecule has 3 N–H and O–H groups in total. The molecule has 0 saturated heterocycles. The predicted octanol–water partition coefficient (Wildman–Crippen LogP) is -0.313. The van der Waals surface area contributed by atoms with Crippen molar-refractivity contribution in [1.29, 1.82) is 0 Å². The minimum absolute atomic E-state index is 0.129. The summed E-state index contributed by atoms with van der Waals surface area (Å²) < 4.78 is 0. The van der Waals surface area contributed by atoms with Gasteiger partial charge in [0, 0.05) is 6.92 Å². The van der Waals surface area contributed by atoms with Gasteiger partial charge in [-0.2, -0.15) is 0 Å². The third kappa shape index (κ3) is 3.23. The Kier molecular flexibility index (Phi) is 3.28.